The second-order valence-corrected chi connectivity index (χ2v) is 6.19. The van der Waals surface area contributed by atoms with E-state index in [-0.39, 0.29) is 17.3 Å². The van der Waals surface area contributed by atoms with E-state index in [0.717, 1.165) is 6.42 Å². The summed E-state index contributed by atoms with van der Waals surface area (Å²) in [6.45, 7) is 4.19. The van der Waals surface area contributed by atoms with Gasteiger partial charge in [0.25, 0.3) is 0 Å². The van der Waals surface area contributed by atoms with Gasteiger partial charge in [-0.15, -0.1) is 0 Å². The van der Waals surface area contributed by atoms with Gasteiger partial charge in [-0.1, -0.05) is 47.4 Å². The summed E-state index contributed by atoms with van der Waals surface area (Å²) in [6.07, 6.45) is 0.878. The van der Waals surface area contributed by atoms with Crippen molar-refractivity contribution in [2.45, 2.75) is 31.2 Å². The van der Waals surface area contributed by atoms with Crippen LogP contribution >= 0.6 is 27.5 Å². The standard InChI is InChI=1S/C12H13BrClFO/c1-12(2)9(13)6-10(12)16-11-7(14)4-3-5-8(11)15/h3-5,9-10H,6H2,1-2H3. The summed E-state index contributed by atoms with van der Waals surface area (Å²) in [7, 11) is 0. The van der Waals surface area contributed by atoms with Gasteiger partial charge in [-0.25, -0.2) is 4.39 Å². The smallest absolute Gasteiger partial charge is 0.173 e. The zero-order valence-electron chi connectivity index (χ0n) is 9.14. The van der Waals surface area contributed by atoms with Gasteiger partial charge in [-0.3, -0.25) is 0 Å². The molecule has 16 heavy (non-hydrogen) atoms. The monoisotopic (exact) mass is 306 g/mol. The summed E-state index contributed by atoms with van der Waals surface area (Å²) in [5.74, 6) is -0.233. The lowest BCUT2D eigenvalue weighted by Gasteiger charge is -2.48. The van der Waals surface area contributed by atoms with Crippen molar-refractivity contribution in [1.82, 2.24) is 0 Å². The molecule has 1 aromatic rings. The average Bonchev–Trinajstić information content (AvgIpc) is 2.22. The largest absolute Gasteiger partial charge is 0.485 e. The molecule has 0 amide bonds. The summed E-state index contributed by atoms with van der Waals surface area (Å²) in [6, 6.07) is 4.57. The van der Waals surface area contributed by atoms with E-state index in [0.29, 0.717) is 9.85 Å². The molecule has 2 rings (SSSR count). The van der Waals surface area contributed by atoms with Crippen LogP contribution in [0.5, 0.6) is 5.75 Å². The fraction of sp³-hybridized carbons (Fsp3) is 0.500. The molecule has 4 heteroatoms. The van der Waals surface area contributed by atoms with Crippen molar-refractivity contribution in [3.63, 3.8) is 0 Å². The van der Waals surface area contributed by atoms with Crippen LogP contribution in [-0.4, -0.2) is 10.9 Å². The molecule has 1 aliphatic rings. The third kappa shape index (κ3) is 1.95. The predicted molar refractivity (Wildman–Crippen MR) is 66.9 cm³/mol. The minimum Gasteiger partial charge on any atom is -0.485 e. The van der Waals surface area contributed by atoms with Gasteiger partial charge in [-0.2, -0.15) is 0 Å². The van der Waals surface area contributed by atoms with Crippen molar-refractivity contribution < 1.29 is 9.13 Å². The molecule has 1 aliphatic carbocycles. The summed E-state index contributed by atoms with van der Waals surface area (Å²) >= 11 is 9.47. The molecule has 1 nitrogen and oxygen atoms in total. The number of benzene rings is 1. The maximum Gasteiger partial charge on any atom is 0.173 e. The Labute approximate surface area is 108 Å². The van der Waals surface area contributed by atoms with Crippen LogP contribution in [0.25, 0.3) is 0 Å². The van der Waals surface area contributed by atoms with E-state index >= 15 is 0 Å². The summed E-state index contributed by atoms with van der Waals surface area (Å²) in [4.78, 5) is 0.413. The van der Waals surface area contributed by atoms with E-state index in [4.69, 9.17) is 16.3 Å². The predicted octanol–water partition coefficient (Wildman–Crippen LogP) is 4.42. The highest BCUT2D eigenvalue weighted by atomic mass is 79.9. The molecule has 0 heterocycles. The molecule has 0 bridgehead atoms. The van der Waals surface area contributed by atoms with Gasteiger partial charge in [0, 0.05) is 10.2 Å². The molecule has 1 fully saturated rings. The Bertz CT molecular complexity index is 388. The Balaban J connectivity index is 2.17. The van der Waals surface area contributed by atoms with Crippen LogP contribution in [0.2, 0.25) is 5.02 Å². The number of alkyl halides is 1. The number of rotatable bonds is 2. The molecule has 2 unspecified atom stereocenters. The van der Waals surface area contributed by atoms with Crippen molar-refractivity contribution in [2.24, 2.45) is 5.41 Å². The van der Waals surface area contributed by atoms with Crippen LogP contribution in [0.3, 0.4) is 0 Å². The Morgan fingerprint density at radius 1 is 1.50 bits per heavy atom. The zero-order chi connectivity index (χ0) is 11.9. The van der Waals surface area contributed by atoms with Gasteiger partial charge < -0.3 is 4.74 Å². The van der Waals surface area contributed by atoms with Gasteiger partial charge in [0.2, 0.25) is 0 Å². The normalized spacial score (nSPS) is 27.3. The maximum atomic E-state index is 13.5. The van der Waals surface area contributed by atoms with Crippen molar-refractivity contribution in [2.75, 3.05) is 0 Å². The lowest BCUT2D eigenvalue weighted by atomic mass is 9.69. The Morgan fingerprint density at radius 2 is 2.19 bits per heavy atom. The third-order valence-corrected chi connectivity index (χ3v) is 5.09. The fourth-order valence-electron chi connectivity index (χ4n) is 1.77. The highest BCUT2D eigenvalue weighted by molar-refractivity contribution is 9.09. The van der Waals surface area contributed by atoms with Gasteiger partial charge >= 0.3 is 0 Å². The van der Waals surface area contributed by atoms with E-state index in [9.17, 15) is 4.39 Å². The lowest BCUT2D eigenvalue weighted by molar-refractivity contribution is -0.0101. The molecule has 0 spiro atoms. The molecule has 0 N–H and O–H groups in total. The first-order valence-corrected chi connectivity index (χ1v) is 6.47. The summed E-state index contributed by atoms with van der Waals surface area (Å²) in [5, 5.41) is 0.328. The summed E-state index contributed by atoms with van der Waals surface area (Å²) < 4.78 is 19.2. The number of halogens is 3. The van der Waals surface area contributed by atoms with Crippen molar-refractivity contribution in [1.29, 1.82) is 0 Å². The highest BCUT2D eigenvalue weighted by Gasteiger charge is 2.49. The van der Waals surface area contributed by atoms with E-state index in [1.807, 2.05) is 0 Å². The van der Waals surface area contributed by atoms with E-state index in [1.165, 1.54) is 6.07 Å². The quantitative estimate of drug-likeness (QED) is 0.735. The van der Waals surface area contributed by atoms with Crippen LogP contribution in [0, 0.1) is 11.2 Å². The van der Waals surface area contributed by atoms with Crippen LogP contribution in [0.15, 0.2) is 18.2 Å². The van der Waals surface area contributed by atoms with Gasteiger partial charge in [0.1, 0.15) is 6.10 Å². The summed E-state index contributed by atoms with van der Waals surface area (Å²) in [5.41, 5.74) is 0.00557. The molecule has 0 aliphatic heterocycles. The average molecular weight is 308 g/mol. The van der Waals surface area contributed by atoms with E-state index < -0.39 is 5.82 Å². The van der Waals surface area contributed by atoms with Gasteiger partial charge in [0.15, 0.2) is 11.6 Å². The molecule has 1 aromatic carbocycles. The molecule has 0 saturated heterocycles. The van der Waals surface area contributed by atoms with Crippen molar-refractivity contribution >= 4 is 27.5 Å². The van der Waals surface area contributed by atoms with E-state index in [2.05, 4.69) is 29.8 Å². The van der Waals surface area contributed by atoms with Crippen LogP contribution in [0.1, 0.15) is 20.3 Å². The first-order chi connectivity index (χ1) is 7.43. The number of hydrogen-bond acceptors (Lipinski definition) is 1. The molecule has 0 radical (unpaired) electrons. The molecule has 0 aromatic heterocycles. The second-order valence-electron chi connectivity index (χ2n) is 4.68. The molecule has 88 valence electrons. The minimum absolute atomic E-state index is 0.00557. The second kappa shape index (κ2) is 4.19. The number of ether oxygens (including phenoxy) is 1. The number of hydrogen-bond donors (Lipinski definition) is 0. The fourth-order valence-corrected chi connectivity index (χ4v) is 2.62. The third-order valence-electron chi connectivity index (χ3n) is 3.24. The van der Waals surface area contributed by atoms with Crippen molar-refractivity contribution in [3.8, 4) is 5.75 Å². The first-order valence-electron chi connectivity index (χ1n) is 5.17. The van der Waals surface area contributed by atoms with Gasteiger partial charge in [-0.05, 0) is 18.6 Å². The van der Waals surface area contributed by atoms with E-state index in [1.54, 1.807) is 12.1 Å². The molecular weight excluding hydrogens is 294 g/mol. The van der Waals surface area contributed by atoms with Crippen LogP contribution in [-0.2, 0) is 0 Å². The SMILES string of the molecule is CC1(C)C(Br)CC1Oc1c(F)cccc1Cl. The van der Waals surface area contributed by atoms with Gasteiger partial charge in [0.05, 0.1) is 5.02 Å². The maximum absolute atomic E-state index is 13.5. The number of para-hydroxylation sites is 1. The topological polar surface area (TPSA) is 9.23 Å². The molecule has 1 saturated carbocycles. The minimum atomic E-state index is -0.402. The Kier molecular flexibility index (Phi) is 3.19. The Hall–Kier alpha value is -0.280. The first kappa shape index (κ1) is 12.2. The lowest BCUT2D eigenvalue weighted by Crippen LogP contribution is -2.53. The molecule has 2 atom stereocenters. The molecular formula is C12H13BrClFO. The highest BCUT2D eigenvalue weighted by Crippen LogP contribution is 2.48. The zero-order valence-corrected chi connectivity index (χ0v) is 11.5. The van der Waals surface area contributed by atoms with Crippen LogP contribution in [0.4, 0.5) is 4.39 Å². The Morgan fingerprint density at radius 3 is 2.69 bits per heavy atom. The van der Waals surface area contributed by atoms with Crippen LogP contribution < -0.4 is 4.74 Å². The van der Waals surface area contributed by atoms with Crippen molar-refractivity contribution in [3.05, 3.63) is 29.0 Å².